The van der Waals surface area contributed by atoms with E-state index in [1.807, 2.05) is 49.4 Å². The molecule has 2 aromatic carbocycles. The van der Waals surface area contributed by atoms with Crippen molar-refractivity contribution in [3.8, 4) is 0 Å². The third kappa shape index (κ3) is 3.91. The molecule has 0 aliphatic carbocycles. The fourth-order valence-electron chi connectivity index (χ4n) is 1.62. The predicted molar refractivity (Wildman–Crippen MR) is 84.2 cm³/mol. The second-order valence-corrected chi connectivity index (χ2v) is 6.04. The summed E-state index contributed by atoms with van der Waals surface area (Å²) in [4.78, 5) is 12.0. The molecule has 1 N–H and O–H groups in total. The van der Waals surface area contributed by atoms with Gasteiger partial charge < -0.3 is 5.32 Å². The smallest absolute Gasteiger partial charge is 0.251 e. The zero-order valence-electron chi connectivity index (χ0n) is 10.4. The number of aryl methyl sites for hydroxylation is 1. The number of carbonyl (C=O) groups is 1. The number of nitrogens with one attached hydrogen (secondary N) is 1. The van der Waals surface area contributed by atoms with E-state index in [0.29, 0.717) is 12.1 Å². The number of benzene rings is 2. The van der Waals surface area contributed by atoms with Crippen LogP contribution in [0, 0.1) is 6.92 Å². The minimum Gasteiger partial charge on any atom is -0.348 e. The normalized spacial score (nSPS) is 10.3. The molecule has 2 rings (SSSR count). The third-order valence-electron chi connectivity index (χ3n) is 2.80. The first kappa shape index (κ1) is 14.3. The summed E-state index contributed by atoms with van der Waals surface area (Å²) in [5.74, 6) is -0.0661. The van der Waals surface area contributed by atoms with Gasteiger partial charge >= 0.3 is 0 Å². The van der Waals surface area contributed by atoms with Crippen LogP contribution in [0.1, 0.15) is 21.5 Å². The lowest BCUT2D eigenvalue weighted by Gasteiger charge is -2.07. The molecule has 0 aliphatic rings. The van der Waals surface area contributed by atoms with Crippen LogP contribution in [0.3, 0.4) is 0 Å². The molecule has 0 fully saturated rings. The lowest BCUT2D eigenvalue weighted by Crippen LogP contribution is -2.22. The Labute approximate surface area is 129 Å². The summed E-state index contributed by atoms with van der Waals surface area (Å²) in [7, 11) is 0. The van der Waals surface area contributed by atoms with Gasteiger partial charge in [0, 0.05) is 21.1 Å². The first-order valence-electron chi connectivity index (χ1n) is 5.85. The Kier molecular flexibility index (Phi) is 4.77. The van der Waals surface area contributed by atoms with E-state index >= 15 is 0 Å². The Morgan fingerprint density at radius 1 is 1.11 bits per heavy atom. The Morgan fingerprint density at radius 3 is 2.42 bits per heavy atom. The highest BCUT2D eigenvalue weighted by atomic mass is 79.9. The van der Waals surface area contributed by atoms with Crippen molar-refractivity contribution in [3.63, 3.8) is 0 Å². The van der Waals surface area contributed by atoms with Gasteiger partial charge in [-0.05, 0) is 42.3 Å². The second-order valence-electron chi connectivity index (χ2n) is 4.27. The molecule has 0 radical (unpaired) electrons. The molecule has 0 atom stereocenters. The maximum Gasteiger partial charge on any atom is 0.251 e. The van der Waals surface area contributed by atoms with Crippen LogP contribution < -0.4 is 5.32 Å². The zero-order valence-corrected chi connectivity index (χ0v) is 13.6. The maximum absolute atomic E-state index is 12.0. The number of rotatable bonds is 3. The summed E-state index contributed by atoms with van der Waals surface area (Å²) < 4.78 is 1.98. The lowest BCUT2D eigenvalue weighted by molar-refractivity contribution is 0.0951. The number of halogens is 2. The van der Waals surface area contributed by atoms with Gasteiger partial charge in [0.1, 0.15) is 0 Å². The van der Waals surface area contributed by atoms with Crippen molar-refractivity contribution in [1.29, 1.82) is 0 Å². The number of hydrogen-bond acceptors (Lipinski definition) is 1. The summed E-state index contributed by atoms with van der Waals surface area (Å²) in [6, 6.07) is 13.5. The first-order valence-corrected chi connectivity index (χ1v) is 7.43. The zero-order chi connectivity index (χ0) is 13.8. The van der Waals surface area contributed by atoms with Crippen LogP contribution in [0.25, 0.3) is 0 Å². The molecule has 98 valence electrons. The molecule has 0 aliphatic heterocycles. The quantitative estimate of drug-likeness (QED) is 0.834. The first-order chi connectivity index (χ1) is 9.06. The van der Waals surface area contributed by atoms with Gasteiger partial charge in [0.25, 0.3) is 5.91 Å². The average molecular weight is 383 g/mol. The van der Waals surface area contributed by atoms with Gasteiger partial charge in [0.05, 0.1) is 0 Å². The van der Waals surface area contributed by atoms with E-state index in [2.05, 4.69) is 37.2 Å². The standard InChI is InChI=1S/C15H13Br2NO/c1-10-2-5-12(8-14(10)17)15(19)18-9-11-3-6-13(16)7-4-11/h2-8H,9H2,1H3,(H,18,19). The fourth-order valence-corrected chi connectivity index (χ4v) is 2.26. The van der Waals surface area contributed by atoms with Gasteiger partial charge in [-0.2, -0.15) is 0 Å². The number of carbonyl (C=O) groups excluding carboxylic acids is 1. The Bertz CT molecular complexity index is 594. The summed E-state index contributed by atoms with van der Waals surface area (Å²) in [5, 5.41) is 2.91. The van der Waals surface area contributed by atoms with Gasteiger partial charge in [-0.15, -0.1) is 0 Å². The molecule has 0 saturated heterocycles. The Balaban J connectivity index is 2.01. The largest absolute Gasteiger partial charge is 0.348 e. The fraction of sp³-hybridized carbons (Fsp3) is 0.133. The molecule has 0 spiro atoms. The van der Waals surface area contributed by atoms with Crippen LogP contribution in [0.5, 0.6) is 0 Å². The molecule has 0 aromatic heterocycles. The lowest BCUT2D eigenvalue weighted by atomic mass is 10.1. The van der Waals surface area contributed by atoms with E-state index in [0.717, 1.165) is 20.1 Å². The monoisotopic (exact) mass is 381 g/mol. The van der Waals surface area contributed by atoms with Crippen LogP contribution >= 0.6 is 31.9 Å². The number of amides is 1. The minimum atomic E-state index is -0.0661. The van der Waals surface area contributed by atoms with Crippen molar-refractivity contribution in [2.75, 3.05) is 0 Å². The van der Waals surface area contributed by atoms with Crippen molar-refractivity contribution in [2.45, 2.75) is 13.5 Å². The molecule has 0 unspecified atom stereocenters. The van der Waals surface area contributed by atoms with E-state index < -0.39 is 0 Å². The highest BCUT2D eigenvalue weighted by Crippen LogP contribution is 2.17. The van der Waals surface area contributed by atoms with Gasteiger partial charge in [0.15, 0.2) is 0 Å². The van der Waals surface area contributed by atoms with Crippen molar-refractivity contribution in [1.82, 2.24) is 5.32 Å². The van der Waals surface area contributed by atoms with Crippen LogP contribution in [0.2, 0.25) is 0 Å². The van der Waals surface area contributed by atoms with Crippen molar-refractivity contribution in [3.05, 3.63) is 68.1 Å². The molecule has 0 saturated carbocycles. The summed E-state index contributed by atoms with van der Waals surface area (Å²) >= 11 is 6.82. The highest BCUT2D eigenvalue weighted by molar-refractivity contribution is 9.10. The average Bonchev–Trinajstić information content (AvgIpc) is 2.41. The van der Waals surface area contributed by atoms with Crippen molar-refractivity contribution < 1.29 is 4.79 Å². The molecular formula is C15H13Br2NO. The van der Waals surface area contributed by atoms with Crippen LogP contribution in [0.4, 0.5) is 0 Å². The van der Waals surface area contributed by atoms with Gasteiger partial charge in [-0.1, -0.05) is 50.1 Å². The van der Waals surface area contributed by atoms with Crippen LogP contribution in [0.15, 0.2) is 51.4 Å². The molecule has 19 heavy (non-hydrogen) atoms. The number of hydrogen-bond donors (Lipinski definition) is 1. The summed E-state index contributed by atoms with van der Waals surface area (Å²) in [6.45, 7) is 2.52. The van der Waals surface area contributed by atoms with E-state index in [4.69, 9.17) is 0 Å². The molecule has 0 heterocycles. The molecule has 2 aromatic rings. The van der Waals surface area contributed by atoms with Crippen molar-refractivity contribution in [2.24, 2.45) is 0 Å². The van der Waals surface area contributed by atoms with Gasteiger partial charge in [-0.25, -0.2) is 0 Å². The maximum atomic E-state index is 12.0. The van der Waals surface area contributed by atoms with E-state index in [9.17, 15) is 4.79 Å². The van der Waals surface area contributed by atoms with Crippen LogP contribution in [-0.4, -0.2) is 5.91 Å². The molecule has 2 nitrogen and oxygen atoms in total. The van der Waals surface area contributed by atoms with Gasteiger partial charge in [0.2, 0.25) is 0 Å². The van der Waals surface area contributed by atoms with E-state index in [1.165, 1.54) is 0 Å². The summed E-state index contributed by atoms with van der Waals surface area (Å²) in [5.41, 5.74) is 2.85. The van der Waals surface area contributed by atoms with E-state index in [-0.39, 0.29) is 5.91 Å². The summed E-state index contributed by atoms with van der Waals surface area (Å²) in [6.07, 6.45) is 0. The predicted octanol–water partition coefficient (Wildman–Crippen LogP) is 4.45. The Morgan fingerprint density at radius 2 is 1.79 bits per heavy atom. The topological polar surface area (TPSA) is 29.1 Å². The van der Waals surface area contributed by atoms with E-state index in [1.54, 1.807) is 0 Å². The van der Waals surface area contributed by atoms with Gasteiger partial charge in [-0.3, -0.25) is 4.79 Å². The molecular weight excluding hydrogens is 370 g/mol. The second kappa shape index (κ2) is 6.35. The van der Waals surface area contributed by atoms with Crippen LogP contribution in [-0.2, 0) is 6.54 Å². The third-order valence-corrected chi connectivity index (χ3v) is 4.18. The molecule has 1 amide bonds. The SMILES string of the molecule is Cc1ccc(C(=O)NCc2ccc(Br)cc2)cc1Br. The minimum absolute atomic E-state index is 0.0661. The Hall–Kier alpha value is -1.13. The van der Waals surface area contributed by atoms with Crippen molar-refractivity contribution >= 4 is 37.8 Å². The molecule has 0 bridgehead atoms. The highest BCUT2D eigenvalue weighted by Gasteiger charge is 2.06. The molecule has 4 heteroatoms.